The van der Waals surface area contributed by atoms with Crippen LogP contribution in [-0.4, -0.2) is 26.8 Å². The molecule has 0 saturated heterocycles. The Bertz CT molecular complexity index is 888. The number of fused-ring (bicyclic) bond motifs is 1. The van der Waals surface area contributed by atoms with Crippen molar-refractivity contribution in [2.75, 3.05) is 5.75 Å². The molecule has 0 atom stereocenters. The predicted molar refractivity (Wildman–Crippen MR) is 105 cm³/mol. The summed E-state index contributed by atoms with van der Waals surface area (Å²) in [6, 6.07) is 8.56. The van der Waals surface area contributed by atoms with E-state index in [-0.39, 0.29) is 6.42 Å². The van der Waals surface area contributed by atoms with Gasteiger partial charge in [-0.3, -0.25) is 4.79 Å². The van der Waals surface area contributed by atoms with E-state index in [4.69, 9.17) is 5.11 Å². The molecule has 0 bridgehead atoms. The van der Waals surface area contributed by atoms with Crippen molar-refractivity contribution in [1.29, 1.82) is 0 Å². The largest absolute Gasteiger partial charge is 0.481 e. The fraction of sp³-hybridized carbons (Fsp3) is 0.316. The third-order valence-corrected chi connectivity index (χ3v) is 6.28. The SMILES string of the molecule is CCc1sc2ncnc(SCCCC(=O)O)c2c1-c1ccc(C)cc1. The molecule has 25 heavy (non-hydrogen) atoms. The number of carboxylic acid groups (broad SMARTS) is 1. The molecule has 1 aromatic carbocycles. The van der Waals surface area contributed by atoms with Crippen molar-refractivity contribution >= 4 is 39.3 Å². The summed E-state index contributed by atoms with van der Waals surface area (Å²) < 4.78 is 0. The second kappa shape index (κ2) is 7.97. The molecule has 0 radical (unpaired) electrons. The molecule has 0 amide bonds. The van der Waals surface area contributed by atoms with Crippen LogP contribution in [0.3, 0.4) is 0 Å². The number of carbonyl (C=O) groups is 1. The number of hydrogen-bond donors (Lipinski definition) is 1. The zero-order valence-corrected chi connectivity index (χ0v) is 15.9. The van der Waals surface area contributed by atoms with Crippen LogP contribution >= 0.6 is 23.1 Å². The smallest absolute Gasteiger partial charge is 0.303 e. The number of hydrogen-bond acceptors (Lipinski definition) is 5. The lowest BCUT2D eigenvalue weighted by Gasteiger charge is -2.07. The summed E-state index contributed by atoms with van der Waals surface area (Å²) in [7, 11) is 0. The number of aryl methyl sites for hydroxylation is 2. The van der Waals surface area contributed by atoms with Crippen LogP contribution in [0.25, 0.3) is 21.3 Å². The molecule has 0 fully saturated rings. The first-order valence-corrected chi connectivity index (χ1v) is 10.1. The molecule has 0 spiro atoms. The Kier molecular flexibility index (Phi) is 5.71. The highest BCUT2D eigenvalue weighted by Gasteiger charge is 2.18. The summed E-state index contributed by atoms with van der Waals surface area (Å²) in [5.74, 6) is -0.0131. The minimum atomic E-state index is -0.752. The van der Waals surface area contributed by atoms with E-state index in [1.807, 2.05) is 0 Å². The molecule has 3 rings (SSSR count). The van der Waals surface area contributed by atoms with Gasteiger partial charge in [-0.15, -0.1) is 23.1 Å². The minimum Gasteiger partial charge on any atom is -0.481 e. The summed E-state index contributed by atoms with van der Waals surface area (Å²) in [6.45, 7) is 4.25. The third-order valence-electron chi connectivity index (χ3n) is 3.96. The topological polar surface area (TPSA) is 63.1 Å². The van der Waals surface area contributed by atoms with Gasteiger partial charge >= 0.3 is 5.97 Å². The van der Waals surface area contributed by atoms with E-state index in [1.165, 1.54) is 21.6 Å². The zero-order valence-electron chi connectivity index (χ0n) is 14.3. The Labute approximate surface area is 155 Å². The van der Waals surface area contributed by atoms with Crippen LogP contribution in [0.2, 0.25) is 0 Å². The molecule has 0 aliphatic heterocycles. The van der Waals surface area contributed by atoms with Gasteiger partial charge in [0.15, 0.2) is 0 Å². The Hall–Kier alpha value is -1.92. The molecular formula is C19H20N2O2S2. The molecule has 130 valence electrons. The molecule has 0 unspecified atom stereocenters. The van der Waals surface area contributed by atoms with Crippen LogP contribution in [0.5, 0.6) is 0 Å². The van der Waals surface area contributed by atoms with Crippen molar-refractivity contribution in [3.05, 3.63) is 41.0 Å². The van der Waals surface area contributed by atoms with E-state index in [0.717, 1.165) is 27.4 Å². The van der Waals surface area contributed by atoms with Crippen LogP contribution in [0.15, 0.2) is 35.6 Å². The summed E-state index contributed by atoms with van der Waals surface area (Å²) in [5, 5.41) is 10.9. The fourth-order valence-corrected chi connectivity index (χ4v) is 4.84. The van der Waals surface area contributed by atoms with Crippen LogP contribution in [-0.2, 0) is 11.2 Å². The zero-order chi connectivity index (χ0) is 17.8. The highest BCUT2D eigenvalue weighted by atomic mass is 32.2. The molecule has 3 aromatic rings. The normalized spacial score (nSPS) is 11.1. The average molecular weight is 373 g/mol. The van der Waals surface area contributed by atoms with Gasteiger partial charge in [-0.1, -0.05) is 36.8 Å². The maximum Gasteiger partial charge on any atom is 0.303 e. The summed E-state index contributed by atoms with van der Waals surface area (Å²) in [4.78, 5) is 22.0. The fourth-order valence-electron chi connectivity index (χ4n) is 2.73. The van der Waals surface area contributed by atoms with Gasteiger partial charge in [0.25, 0.3) is 0 Å². The van der Waals surface area contributed by atoms with Gasteiger partial charge in [-0.25, -0.2) is 9.97 Å². The van der Waals surface area contributed by atoms with Gasteiger partial charge in [-0.2, -0.15) is 0 Å². The number of carboxylic acids is 1. The Morgan fingerprint density at radius 1 is 1.24 bits per heavy atom. The van der Waals surface area contributed by atoms with E-state index in [1.54, 1.807) is 29.4 Å². The number of aliphatic carboxylic acids is 1. The quantitative estimate of drug-likeness (QED) is 0.351. The summed E-state index contributed by atoms with van der Waals surface area (Å²) in [5.41, 5.74) is 3.65. The first-order valence-electron chi connectivity index (χ1n) is 8.28. The molecule has 4 nitrogen and oxygen atoms in total. The molecule has 0 aliphatic rings. The number of benzene rings is 1. The molecule has 0 aliphatic carbocycles. The number of nitrogens with zero attached hydrogens (tertiary/aromatic N) is 2. The first kappa shape index (κ1) is 17.9. The van der Waals surface area contributed by atoms with E-state index in [0.29, 0.717) is 6.42 Å². The second-order valence-corrected chi connectivity index (χ2v) is 7.99. The lowest BCUT2D eigenvalue weighted by atomic mass is 10.0. The van der Waals surface area contributed by atoms with E-state index in [9.17, 15) is 4.79 Å². The van der Waals surface area contributed by atoms with Gasteiger partial charge in [0.2, 0.25) is 0 Å². The van der Waals surface area contributed by atoms with E-state index < -0.39 is 5.97 Å². The van der Waals surface area contributed by atoms with Crippen molar-refractivity contribution in [3.63, 3.8) is 0 Å². The van der Waals surface area contributed by atoms with Gasteiger partial charge in [0.1, 0.15) is 16.2 Å². The highest BCUT2D eigenvalue weighted by Crippen LogP contribution is 2.42. The summed E-state index contributed by atoms with van der Waals surface area (Å²) in [6.07, 6.45) is 3.39. The summed E-state index contributed by atoms with van der Waals surface area (Å²) >= 11 is 3.34. The average Bonchev–Trinajstić information content (AvgIpc) is 2.98. The first-order chi connectivity index (χ1) is 12.1. The molecule has 0 saturated carbocycles. The molecule has 2 heterocycles. The Morgan fingerprint density at radius 2 is 2.00 bits per heavy atom. The standard InChI is InChI=1S/C19H20N2O2S2/c1-3-14-16(13-8-6-12(2)7-9-13)17-18(20-11-21-19(17)25-14)24-10-4-5-15(22)23/h6-9,11H,3-5,10H2,1-2H3,(H,22,23). The Morgan fingerprint density at radius 3 is 2.68 bits per heavy atom. The molecule has 2 aromatic heterocycles. The monoisotopic (exact) mass is 372 g/mol. The van der Waals surface area contributed by atoms with Gasteiger partial charge in [0, 0.05) is 22.6 Å². The van der Waals surface area contributed by atoms with Gasteiger partial charge in [0.05, 0.1) is 5.39 Å². The number of thioether (sulfide) groups is 1. The molecule has 6 heteroatoms. The van der Waals surface area contributed by atoms with Crippen molar-refractivity contribution in [1.82, 2.24) is 9.97 Å². The van der Waals surface area contributed by atoms with Crippen LogP contribution in [0, 0.1) is 6.92 Å². The van der Waals surface area contributed by atoms with Crippen molar-refractivity contribution in [2.24, 2.45) is 0 Å². The van der Waals surface area contributed by atoms with E-state index in [2.05, 4.69) is 48.1 Å². The molecular weight excluding hydrogens is 352 g/mol. The lowest BCUT2D eigenvalue weighted by Crippen LogP contribution is -1.95. The molecule has 1 N–H and O–H groups in total. The van der Waals surface area contributed by atoms with Crippen LogP contribution in [0.4, 0.5) is 0 Å². The van der Waals surface area contributed by atoms with Crippen molar-refractivity contribution in [3.8, 4) is 11.1 Å². The number of thiophene rings is 1. The van der Waals surface area contributed by atoms with Gasteiger partial charge in [-0.05, 0) is 25.3 Å². The van der Waals surface area contributed by atoms with Crippen molar-refractivity contribution in [2.45, 2.75) is 38.1 Å². The Balaban J connectivity index is 2.02. The highest BCUT2D eigenvalue weighted by molar-refractivity contribution is 7.99. The number of aromatic nitrogens is 2. The van der Waals surface area contributed by atoms with Crippen molar-refractivity contribution < 1.29 is 9.90 Å². The van der Waals surface area contributed by atoms with E-state index >= 15 is 0 Å². The maximum absolute atomic E-state index is 10.7. The number of rotatable bonds is 7. The lowest BCUT2D eigenvalue weighted by molar-refractivity contribution is -0.137. The maximum atomic E-state index is 10.7. The van der Waals surface area contributed by atoms with Crippen LogP contribution in [0.1, 0.15) is 30.2 Å². The van der Waals surface area contributed by atoms with Gasteiger partial charge < -0.3 is 5.11 Å². The minimum absolute atomic E-state index is 0.190. The van der Waals surface area contributed by atoms with Crippen LogP contribution < -0.4 is 0 Å². The third kappa shape index (κ3) is 4.02. The second-order valence-electron chi connectivity index (χ2n) is 5.82. The predicted octanol–water partition coefficient (Wildman–Crippen LogP) is 5.19.